The third-order valence-corrected chi connectivity index (χ3v) is 2.07. The number of carbonyl (C=O) groups excluding carboxylic acids is 1. The second-order valence-electron chi connectivity index (χ2n) is 3.12. The van der Waals surface area contributed by atoms with Crippen LogP contribution in [-0.2, 0) is 4.79 Å². The quantitative estimate of drug-likeness (QED) is 0.663. The summed E-state index contributed by atoms with van der Waals surface area (Å²) in [4.78, 5) is 12.7. The molecule has 1 amide bonds. The Labute approximate surface area is 78.2 Å². The van der Waals surface area contributed by atoms with E-state index in [0.29, 0.717) is 5.69 Å². The maximum atomic E-state index is 11.1. The molecule has 1 aromatic carbocycles. The van der Waals surface area contributed by atoms with Crippen LogP contribution in [-0.4, -0.2) is 13.0 Å². The molecule has 0 fully saturated rings. The third-order valence-electron chi connectivity index (χ3n) is 2.07. The van der Waals surface area contributed by atoms with Crippen LogP contribution < -0.4 is 10.6 Å². The summed E-state index contributed by atoms with van der Waals surface area (Å²) < 4.78 is 0. The van der Waals surface area contributed by atoms with Gasteiger partial charge < -0.3 is 10.6 Å². The van der Waals surface area contributed by atoms with Crippen LogP contribution in [0, 0.1) is 6.92 Å². The molecular weight excluding hydrogens is 164 g/mol. The van der Waals surface area contributed by atoms with Crippen molar-refractivity contribution in [2.75, 3.05) is 17.7 Å². The van der Waals surface area contributed by atoms with Crippen LogP contribution in [0.3, 0.4) is 0 Å². The van der Waals surface area contributed by atoms with Gasteiger partial charge in [-0.15, -0.1) is 0 Å². The van der Waals surface area contributed by atoms with Crippen LogP contribution >= 0.6 is 0 Å². The molecule has 3 nitrogen and oxygen atoms in total. The standard InChI is InChI=1S/C10H14N2O/c1-7-4-5-9(11)6-10(7)12(3)8(2)13/h4-6H,11H2,1-3H3. The zero-order chi connectivity index (χ0) is 10.0. The molecule has 0 unspecified atom stereocenters. The minimum absolute atomic E-state index is 0.00806. The maximum absolute atomic E-state index is 11.1. The van der Waals surface area contributed by atoms with E-state index in [-0.39, 0.29) is 5.91 Å². The molecule has 70 valence electrons. The first kappa shape index (κ1) is 9.58. The molecule has 13 heavy (non-hydrogen) atoms. The average molecular weight is 178 g/mol. The van der Waals surface area contributed by atoms with Crippen molar-refractivity contribution in [3.63, 3.8) is 0 Å². The Bertz CT molecular complexity index is 334. The van der Waals surface area contributed by atoms with Gasteiger partial charge in [0.05, 0.1) is 0 Å². The number of hydrogen-bond acceptors (Lipinski definition) is 2. The fraction of sp³-hybridized carbons (Fsp3) is 0.300. The predicted octanol–water partition coefficient (Wildman–Crippen LogP) is 1.56. The fourth-order valence-electron chi connectivity index (χ4n) is 1.16. The highest BCUT2D eigenvalue weighted by Gasteiger charge is 2.07. The molecule has 0 aromatic heterocycles. The number of benzene rings is 1. The smallest absolute Gasteiger partial charge is 0.223 e. The molecule has 0 aliphatic carbocycles. The minimum Gasteiger partial charge on any atom is -0.399 e. The van der Waals surface area contributed by atoms with Gasteiger partial charge >= 0.3 is 0 Å². The van der Waals surface area contributed by atoms with Crippen molar-refractivity contribution >= 4 is 17.3 Å². The summed E-state index contributed by atoms with van der Waals surface area (Å²) in [6.45, 7) is 3.48. The van der Waals surface area contributed by atoms with E-state index >= 15 is 0 Å². The maximum Gasteiger partial charge on any atom is 0.223 e. The van der Waals surface area contributed by atoms with E-state index in [1.165, 1.54) is 6.92 Å². The molecule has 0 heterocycles. The molecule has 0 atom stereocenters. The van der Waals surface area contributed by atoms with Gasteiger partial charge in [-0.05, 0) is 24.6 Å². The van der Waals surface area contributed by atoms with E-state index in [1.54, 1.807) is 18.0 Å². The van der Waals surface area contributed by atoms with Crippen molar-refractivity contribution in [2.24, 2.45) is 0 Å². The van der Waals surface area contributed by atoms with Gasteiger partial charge in [0.15, 0.2) is 0 Å². The first-order valence-electron chi connectivity index (χ1n) is 4.13. The van der Waals surface area contributed by atoms with Crippen molar-refractivity contribution in [2.45, 2.75) is 13.8 Å². The second kappa shape index (κ2) is 3.47. The monoisotopic (exact) mass is 178 g/mol. The van der Waals surface area contributed by atoms with E-state index in [9.17, 15) is 4.79 Å². The van der Waals surface area contributed by atoms with Crippen LogP contribution in [0.25, 0.3) is 0 Å². The van der Waals surface area contributed by atoms with Crippen LogP contribution in [0.4, 0.5) is 11.4 Å². The normalized spacial score (nSPS) is 9.77. The Morgan fingerprint density at radius 3 is 2.62 bits per heavy atom. The highest BCUT2D eigenvalue weighted by atomic mass is 16.2. The Morgan fingerprint density at radius 1 is 1.46 bits per heavy atom. The van der Waals surface area contributed by atoms with Gasteiger partial charge in [-0.3, -0.25) is 4.79 Å². The Hall–Kier alpha value is -1.51. The molecule has 1 rings (SSSR count). The van der Waals surface area contributed by atoms with Gasteiger partial charge in [0.1, 0.15) is 0 Å². The lowest BCUT2D eigenvalue weighted by Gasteiger charge is -2.17. The summed E-state index contributed by atoms with van der Waals surface area (Å²) in [5, 5.41) is 0. The molecule has 0 radical (unpaired) electrons. The number of amides is 1. The number of rotatable bonds is 1. The predicted molar refractivity (Wildman–Crippen MR) is 54.7 cm³/mol. The number of aryl methyl sites for hydroxylation is 1. The summed E-state index contributed by atoms with van der Waals surface area (Å²) in [6, 6.07) is 5.54. The summed E-state index contributed by atoms with van der Waals surface area (Å²) in [5.41, 5.74) is 8.22. The zero-order valence-electron chi connectivity index (χ0n) is 8.16. The molecule has 3 heteroatoms. The van der Waals surface area contributed by atoms with Crippen molar-refractivity contribution in [1.29, 1.82) is 0 Å². The molecule has 1 aromatic rings. The number of carbonyl (C=O) groups is 1. The highest BCUT2D eigenvalue weighted by molar-refractivity contribution is 5.92. The van der Waals surface area contributed by atoms with Crippen molar-refractivity contribution in [3.05, 3.63) is 23.8 Å². The summed E-state index contributed by atoms with van der Waals surface area (Å²) in [5.74, 6) is 0.00806. The molecule has 0 saturated carbocycles. The van der Waals surface area contributed by atoms with Gasteiger partial charge in [-0.2, -0.15) is 0 Å². The van der Waals surface area contributed by atoms with E-state index < -0.39 is 0 Å². The zero-order valence-corrected chi connectivity index (χ0v) is 8.16. The van der Waals surface area contributed by atoms with Gasteiger partial charge in [0.25, 0.3) is 0 Å². The third kappa shape index (κ3) is 1.99. The lowest BCUT2D eigenvalue weighted by molar-refractivity contribution is -0.116. The van der Waals surface area contributed by atoms with Crippen molar-refractivity contribution in [3.8, 4) is 0 Å². The molecule has 2 N–H and O–H groups in total. The molecule has 0 aliphatic heterocycles. The molecule has 0 aliphatic rings. The molecular formula is C10H14N2O. The van der Waals surface area contributed by atoms with E-state index in [1.807, 2.05) is 19.1 Å². The lowest BCUT2D eigenvalue weighted by atomic mass is 10.1. The van der Waals surface area contributed by atoms with Crippen LogP contribution in [0.15, 0.2) is 18.2 Å². The van der Waals surface area contributed by atoms with Crippen molar-refractivity contribution < 1.29 is 4.79 Å². The second-order valence-corrected chi connectivity index (χ2v) is 3.12. The summed E-state index contributed by atoms with van der Waals surface area (Å²) >= 11 is 0. The number of nitrogen functional groups attached to an aromatic ring is 1. The highest BCUT2D eigenvalue weighted by Crippen LogP contribution is 2.21. The molecule has 0 bridgehead atoms. The minimum atomic E-state index is 0.00806. The summed E-state index contributed by atoms with van der Waals surface area (Å²) in [6.07, 6.45) is 0. The number of anilines is 2. The summed E-state index contributed by atoms with van der Waals surface area (Å²) in [7, 11) is 1.74. The lowest BCUT2D eigenvalue weighted by Crippen LogP contribution is -2.23. The van der Waals surface area contributed by atoms with Gasteiger partial charge in [-0.1, -0.05) is 6.07 Å². The first-order valence-corrected chi connectivity index (χ1v) is 4.13. The van der Waals surface area contributed by atoms with Crippen molar-refractivity contribution in [1.82, 2.24) is 0 Å². The first-order chi connectivity index (χ1) is 6.02. The van der Waals surface area contributed by atoms with Gasteiger partial charge in [0.2, 0.25) is 5.91 Å². The van der Waals surface area contributed by atoms with E-state index in [4.69, 9.17) is 5.73 Å². The fourth-order valence-corrected chi connectivity index (χ4v) is 1.16. The Kier molecular flexibility index (Phi) is 2.56. The van der Waals surface area contributed by atoms with Crippen LogP contribution in [0.1, 0.15) is 12.5 Å². The van der Waals surface area contributed by atoms with E-state index in [0.717, 1.165) is 11.3 Å². The molecule has 0 spiro atoms. The number of nitrogens with two attached hydrogens (primary N) is 1. The number of nitrogens with zero attached hydrogens (tertiary/aromatic N) is 1. The van der Waals surface area contributed by atoms with Crippen LogP contribution in [0.2, 0.25) is 0 Å². The molecule has 0 saturated heterocycles. The number of hydrogen-bond donors (Lipinski definition) is 1. The average Bonchev–Trinajstić information content (AvgIpc) is 2.08. The van der Waals surface area contributed by atoms with Gasteiger partial charge in [-0.25, -0.2) is 0 Å². The Morgan fingerprint density at radius 2 is 2.08 bits per heavy atom. The van der Waals surface area contributed by atoms with Gasteiger partial charge in [0, 0.05) is 25.3 Å². The SMILES string of the molecule is CC(=O)N(C)c1cc(N)ccc1C. The Balaban J connectivity index is 3.12. The topological polar surface area (TPSA) is 46.3 Å². The van der Waals surface area contributed by atoms with E-state index in [2.05, 4.69) is 0 Å². The largest absolute Gasteiger partial charge is 0.399 e. The van der Waals surface area contributed by atoms with Crippen LogP contribution in [0.5, 0.6) is 0 Å².